The summed E-state index contributed by atoms with van der Waals surface area (Å²) in [5, 5.41) is 2.90. The highest BCUT2D eigenvalue weighted by Crippen LogP contribution is 2.16. The zero-order valence-electron chi connectivity index (χ0n) is 14.4. The Balaban J connectivity index is 1.55. The van der Waals surface area contributed by atoms with Crippen molar-refractivity contribution in [2.24, 2.45) is 0 Å². The number of nitrogens with one attached hydrogen (secondary N) is 2. The van der Waals surface area contributed by atoms with E-state index in [0.29, 0.717) is 37.2 Å². The summed E-state index contributed by atoms with van der Waals surface area (Å²) in [6.45, 7) is 2.33. The zero-order valence-corrected chi connectivity index (χ0v) is 14.4. The van der Waals surface area contributed by atoms with Gasteiger partial charge in [0.05, 0.1) is 5.56 Å². The number of benzene rings is 1. The second-order valence-corrected chi connectivity index (χ2v) is 6.38. The van der Waals surface area contributed by atoms with E-state index in [1.807, 2.05) is 0 Å². The summed E-state index contributed by atoms with van der Waals surface area (Å²) in [7, 11) is 0. The van der Waals surface area contributed by atoms with Gasteiger partial charge in [-0.15, -0.1) is 0 Å². The van der Waals surface area contributed by atoms with Crippen LogP contribution in [0.2, 0.25) is 0 Å². The van der Waals surface area contributed by atoms with Crippen molar-refractivity contribution in [2.75, 3.05) is 13.1 Å². The molecule has 2 amide bonds. The molecule has 0 atom stereocenters. The number of rotatable bonds is 4. The van der Waals surface area contributed by atoms with Crippen LogP contribution >= 0.6 is 0 Å². The van der Waals surface area contributed by atoms with E-state index in [0.717, 1.165) is 0 Å². The van der Waals surface area contributed by atoms with Crippen molar-refractivity contribution < 1.29 is 18.8 Å². The number of amides is 2. The van der Waals surface area contributed by atoms with Crippen LogP contribution in [0.1, 0.15) is 51.0 Å². The maximum atomic E-state index is 13.8. The summed E-state index contributed by atoms with van der Waals surface area (Å²) in [6.07, 6.45) is 2.69. The maximum Gasteiger partial charge on any atom is 0.267 e. The summed E-state index contributed by atoms with van der Waals surface area (Å²) >= 11 is 0. The average molecular weight is 357 g/mol. The van der Waals surface area contributed by atoms with Crippen molar-refractivity contribution in [3.8, 4) is 0 Å². The molecule has 2 N–H and O–H groups in total. The summed E-state index contributed by atoms with van der Waals surface area (Å²) in [5.41, 5.74) is 0.860. The molecule has 1 aromatic carbocycles. The lowest BCUT2D eigenvalue weighted by Gasteiger charge is -2.32. The van der Waals surface area contributed by atoms with Crippen LogP contribution in [0.5, 0.6) is 0 Å². The average Bonchev–Trinajstić information content (AvgIpc) is 3.13. The van der Waals surface area contributed by atoms with Crippen LogP contribution in [0.4, 0.5) is 4.39 Å². The Morgan fingerprint density at radius 3 is 2.50 bits per heavy atom. The van der Waals surface area contributed by atoms with Gasteiger partial charge >= 0.3 is 0 Å². The molecular formula is C19H20FN3O3. The molecule has 1 aliphatic rings. The van der Waals surface area contributed by atoms with Crippen molar-refractivity contribution in [1.82, 2.24) is 15.2 Å². The van der Waals surface area contributed by atoms with Crippen LogP contribution in [0.25, 0.3) is 0 Å². The fourth-order valence-electron chi connectivity index (χ4n) is 3.02. The van der Waals surface area contributed by atoms with Crippen molar-refractivity contribution in [2.45, 2.75) is 25.8 Å². The minimum absolute atomic E-state index is 0.0677. The van der Waals surface area contributed by atoms with Crippen LogP contribution in [-0.2, 0) is 0 Å². The molecule has 3 rings (SSSR count). The van der Waals surface area contributed by atoms with Gasteiger partial charge in [-0.3, -0.25) is 14.4 Å². The van der Waals surface area contributed by atoms with Gasteiger partial charge in [0.15, 0.2) is 5.78 Å². The topological polar surface area (TPSA) is 82.3 Å². The van der Waals surface area contributed by atoms with E-state index < -0.39 is 5.82 Å². The quantitative estimate of drug-likeness (QED) is 0.825. The molecule has 0 bridgehead atoms. The first-order chi connectivity index (χ1) is 12.5. The van der Waals surface area contributed by atoms with E-state index in [1.165, 1.54) is 31.3 Å². The molecule has 136 valence electrons. The molecule has 2 heterocycles. The minimum Gasteiger partial charge on any atom is -0.356 e. The molecule has 0 unspecified atom stereocenters. The van der Waals surface area contributed by atoms with Crippen molar-refractivity contribution in [1.29, 1.82) is 0 Å². The van der Waals surface area contributed by atoms with Gasteiger partial charge in [0.2, 0.25) is 0 Å². The Kier molecular flexibility index (Phi) is 5.16. The third-order valence-corrected chi connectivity index (χ3v) is 4.56. The fraction of sp³-hybridized carbons (Fsp3) is 0.316. The van der Waals surface area contributed by atoms with E-state index in [1.54, 1.807) is 17.0 Å². The number of hydrogen-bond donors (Lipinski definition) is 2. The maximum absolute atomic E-state index is 13.8. The number of aromatic nitrogens is 1. The Labute approximate surface area is 150 Å². The number of aromatic amines is 1. The van der Waals surface area contributed by atoms with Crippen molar-refractivity contribution in [3.05, 3.63) is 59.2 Å². The van der Waals surface area contributed by atoms with Crippen molar-refractivity contribution in [3.63, 3.8) is 0 Å². The first-order valence-corrected chi connectivity index (χ1v) is 8.49. The SMILES string of the molecule is CC(=O)c1c[nH]c(C(=O)NC2CCN(C(=O)c3ccccc3F)CC2)c1. The number of likely N-dealkylation sites (tertiary alicyclic amines) is 1. The normalized spacial score (nSPS) is 14.9. The molecule has 2 aromatic rings. The molecule has 1 aromatic heterocycles. The van der Waals surface area contributed by atoms with Gasteiger partial charge in [0.1, 0.15) is 11.5 Å². The van der Waals surface area contributed by atoms with Crippen LogP contribution < -0.4 is 5.32 Å². The third-order valence-electron chi connectivity index (χ3n) is 4.56. The summed E-state index contributed by atoms with van der Waals surface area (Å²) < 4.78 is 13.8. The van der Waals surface area contributed by atoms with Gasteiger partial charge < -0.3 is 15.2 Å². The standard InChI is InChI=1S/C19H20FN3O3/c1-12(24)13-10-17(21-11-13)18(25)22-14-6-8-23(9-7-14)19(26)15-4-2-3-5-16(15)20/h2-5,10-11,14,21H,6-9H2,1H3,(H,22,25). The molecular weight excluding hydrogens is 337 g/mol. The molecule has 0 spiro atoms. The lowest BCUT2D eigenvalue weighted by atomic mass is 10.0. The molecule has 1 aliphatic heterocycles. The first-order valence-electron chi connectivity index (χ1n) is 8.49. The predicted octanol–water partition coefficient (Wildman–Crippen LogP) is 2.39. The van der Waals surface area contributed by atoms with E-state index in [4.69, 9.17) is 0 Å². The van der Waals surface area contributed by atoms with Gasteiger partial charge in [-0.2, -0.15) is 0 Å². The van der Waals surface area contributed by atoms with E-state index in [-0.39, 0.29) is 29.2 Å². The number of H-pyrrole nitrogens is 1. The zero-order chi connectivity index (χ0) is 18.7. The highest BCUT2D eigenvalue weighted by atomic mass is 19.1. The lowest BCUT2D eigenvalue weighted by Crippen LogP contribution is -2.46. The first kappa shape index (κ1) is 17.8. The molecule has 0 saturated carbocycles. The Morgan fingerprint density at radius 2 is 1.88 bits per heavy atom. The van der Waals surface area contributed by atoms with Crippen LogP contribution in [-0.4, -0.2) is 46.6 Å². The Bertz CT molecular complexity index is 838. The number of carbonyl (C=O) groups is 3. The van der Waals surface area contributed by atoms with Gasteiger partial charge in [-0.25, -0.2) is 4.39 Å². The molecule has 7 heteroatoms. The van der Waals surface area contributed by atoms with Gasteiger partial charge in [-0.05, 0) is 38.0 Å². The smallest absolute Gasteiger partial charge is 0.267 e. The molecule has 1 saturated heterocycles. The minimum atomic E-state index is -0.527. The fourth-order valence-corrected chi connectivity index (χ4v) is 3.02. The second kappa shape index (κ2) is 7.51. The highest BCUT2D eigenvalue weighted by molar-refractivity contribution is 5.99. The summed E-state index contributed by atoms with van der Waals surface area (Å²) in [4.78, 5) is 40.3. The predicted molar refractivity (Wildman–Crippen MR) is 93.6 cm³/mol. The number of halogens is 1. The van der Waals surface area contributed by atoms with E-state index in [2.05, 4.69) is 10.3 Å². The summed E-state index contributed by atoms with van der Waals surface area (Å²) in [6, 6.07) is 7.38. The monoisotopic (exact) mass is 357 g/mol. The lowest BCUT2D eigenvalue weighted by molar-refractivity contribution is 0.0693. The number of nitrogens with zero attached hydrogens (tertiary/aromatic N) is 1. The number of carbonyl (C=O) groups excluding carboxylic acids is 3. The highest BCUT2D eigenvalue weighted by Gasteiger charge is 2.26. The molecule has 0 aliphatic carbocycles. The number of ketones is 1. The largest absolute Gasteiger partial charge is 0.356 e. The van der Waals surface area contributed by atoms with Crippen LogP contribution in [0, 0.1) is 5.82 Å². The van der Waals surface area contributed by atoms with Gasteiger partial charge in [0, 0.05) is 30.9 Å². The third kappa shape index (κ3) is 3.82. The summed E-state index contributed by atoms with van der Waals surface area (Å²) in [5.74, 6) is -1.25. The molecule has 1 fully saturated rings. The number of piperidine rings is 1. The molecule has 0 radical (unpaired) electrons. The van der Waals surface area contributed by atoms with Gasteiger partial charge in [-0.1, -0.05) is 12.1 Å². The van der Waals surface area contributed by atoms with Gasteiger partial charge in [0.25, 0.3) is 11.8 Å². The van der Waals surface area contributed by atoms with Crippen LogP contribution in [0.15, 0.2) is 36.5 Å². The molecule has 26 heavy (non-hydrogen) atoms. The van der Waals surface area contributed by atoms with Crippen LogP contribution in [0.3, 0.4) is 0 Å². The second-order valence-electron chi connectivity index (χ2n) is 6.38. The van der Waals surface area contributed by atoms with E-state index >= 15 is 0 Å². The number of Topliss-reactive ketones (excluding diaryl/α,β-unsaturated/α-hetero) is 1. The van der Waals surface area contributed by atoms with E-state index in [9.17, 15) is 18.8 Å². The molecule has 6 nitrogen and oxygen atoms in total. The number of hydrogen-bond acceptors (Lipinski definition) is 3. The van der Waals surface area contributed by atoms with Crippen molar-refractivity contribution >= 4 is 17.6 Å². The Morgan fingerprint density at radius 1 is 1.19 bits per heavy atom. The Hall–Kier alpha value is -2.96.